The zero-order chi connectivity index (χ0) is 20.7. The second-order valence-electron chi connectivity index (χ2n) is 5.99. The van der Waals surface area contributed by atoms with Crippen molar-refractivity contribution in [1.82, 2.24) is 0 Å². The Morgan fingerprint density at radius 2 is 1.61 bits per heavy atom. The Balaban J connectivity index is 1.71. The second-order valence-corrected chi connectivity index (χ2v) is 7.28. The molecule has 2 rings (SSSR count). The van der Waals surface area contributed by atoms with Crippen LogP contribution in [0.1, 0.15) is 40.2 Å². The van der Waals surface area contributed by atoms with Crippen molar-refractivity contribution >= 4 is 34.5 Å². The zero-order valence-electron chi connectivity index (χ0n) is 15.0. The van der Waals surface area contributed by atoms with Crippen LogP contribution in [0.3, 0.4) is 0 Å². The van der Waals surface area contributed by atoms with Gasteiger partial charge in [0.2, 0.25) is 5.91 Å². The molecule has 0 aliphatic heterocycles. The number of ketones is 2. The minimum Gasteiger partial charge on any atom is -0.406 e. The normalized spacial score (nSPS) is 11.1. The number of rotatable bonds is 9. The van der Waals surface area contributed by atoms with E-state index in [9.17, 15) is 27.6 Å². The summed E-state index contributed by atoms with van der Waals surface area (Å²) in [5.41, 5.74) is 0.287. The number of hydrogen-bond donors (Lipinski definition) is 1. The van der Waals surface area contributed by atoms with E-state index in [2.05, 4.69) is 10.1 Å². The van der Waals surface area contributed by atoms with E-state index in [-0.39, 0.29) is 42.9 Å². The van der Waals surface area contributed by atoms with E-state index in [4.69, 9.17) is 0 Å². The molecule has 150 valence electrons. The van der Waals surface area contributed by atoms with Crippen LogP contribution in [0.4, 0.5) is 18.9 Å². The molecule has 1 aromatic heterocycles. The zero-order valence-corrected chi connectivity index (χ0v) is 15.8. The summed E-state index contributed by atoms with van der Waals surface area (Å²) in [5.74, 6) is -1.15. The molecule has 0 aliphatic rings. The predicted octanol–water partition coefficient (Wildman–Crippen LogP) is 4.91. The average Bonchev–Trinajstić information content (AvgIpc) is 3.05. The van der Waals surface area contributed by atoms with E-state index >= 15 is 0 Å². The minimum atomic E-state index is -4.78. The summed E-state index contributed by atoms with van der Waals surface area (Å²) in [7, 11) is 0. The number of thiophene rings is 1. The summed E-state index contributed by atoms with van der Waals surface area (Å²) < 4.78 is 40.0. The Hall–Kier alpha value is -2.68. The van der Waals surface area contributed by atoms with Gasteiger partial charge in [-0.15, -0.1) is 24.5 Å². The van der Waals surface area contributed by atoms with Crippen molar-refractivity contribution in [2.45, 2.75) is 39.0 Å². The molecule has 0 unspecified atom stereocenters. The van der Waals surface area contributed by atoms with Crippen LogP contribution in [0, 0.1) is 6.92 Å². The highest BCUT2D eigenvalue weighted by Gasteiger charge is 2.30. The number of ether oxygens (including phenoxy) is 1. The lowest BCUT2D eigenvalue weighted by molar-refractivity contribution is -0.274. The number of Topliss-reactive ketones (excluding diaryl/α,β-unsaturated/α-hetero) is 2. The molecule has 2 aromatic rings. The maximum absolute atomic E-state index is 12.1. The number of carbonyl (C=O) groups is 3. The number of aryl methyl sites for hydroxylation is 1. The van der Waals surface area contributed by atoms with Gasteiger partial charge in [0.05, 0.1) is 4.88 Å². The lowest BCUT2D eigenvalue weighted by Crippen LogP contribution is -2.17. The molecular weight excluding hydrogens is 395 g/mol. The average molecular weight is 413 g/mol. The molecular formula is C19H18F3NO4S. The van der Waals surface area contributed by atoms with Crippen molar-refractivity contribution in [3.05, 3.63) is 46.2 Å². The summed E-state index contributed by atoms with van der Waals surface area (Å²) in [6, 6.07) is 8.25. The van der Waals surface area contributed by atoms with Crippen molar-refractivity contribution in [2.24, 2.45) is 0 Å². The van der Waals surface area contributed by atoms with Gasteiger partial charge in [-0.1, -0.05) is 0 Å². The number of hydrogen-bond acceptors (Lipinski definition) is 5. The highest BCUT2D eigenvalue weighted by molar-refractivity contribution is 7.14. The van der Waals surface area contributed by atoms with Crippen molar-refractivity contribution in [1.29, 1.82) is 0 Å². The Kier molecular flexibility index (Phi) is 7.33. The number of anilines is 1. The predicted molar refractivity (Wildman–Crippen MR) is 98.6 cm³/mol. The molecule has 5 nitrogen and oxygen atoms in total. The molecule has 0 saturated heterocycles. The smallest absolute Gasteiger partial charge is 0.406 e. The van der Waals surface area contributed by atoms with Gasteiger partial charge in [-0.2, -0.15) is 0 Å². The molecule has 0 saturated carbocycles. The first-order chi connectivity index (χ1) is 13.1. The van der Waals surface area contributed by atoms with Gasteiger partial charge < -0.3 is 10.1 Å². The minimum absolute atomic E-state index is 0.0160. The summed E-state index contributed by atoms with van der Waals surface area (Å²) in [6.45, 7) is 1.89. The number of benzene rings is 1. The SMILES string of the molecule is Cc1ccc(C(=O)CCC(=O)CCC(=O)Nc2ccc(OC(F)(F)F)cc2)s1. The maximum Gasteiger partial charge on any atom is 0.573 e. The number of amides is 1. The van der Waals surface area contributed by atoms with Crippen LogP contribution < -0.4 is 10.1 Å². The quantitative estimate of drug-likeness (QED) is 0.593. The third-order valence-corrected chi connectivity index (χ3v) is 4.69. The van der Waals surface area contributed by atoms with Crippen LogP contribution in [0.15, 0.2) is 36.4 Å². The lowest BCUT2D eigenvalue weighted by Gasteiger charge is -2.10. The molecule has 0 spiro atoms. The standard InChI is InChI=1S/C19H18F3NO4S/c1-12-2-10-17(28-12)16(25)9-5-14(24)6-11-18(26)23-13-3-7-15(8-4-13)27-19(20,21)22/h2-4,7-8,10H,5-6,9,11H2,1H3,(H,23,26). The van der Waals surface area contributed by atoms with E-state index < -0.39 is 18.0 Å². The summed E-state index contributed by atoms with van der Waals surface area (Å²) in [5, 5.41) is 2.49. The first-order valence-electron chi connectivity index (χ1n) is 8.39. The van der Waals surface area contributed by atoms with Crippen molar-refractivity contribution in [3.63, 3.8) is 0 Å². The van der Waals surface area contributed by atoms with Crippen LogP contribution >= 0.6 is 11.3 Å². The second kappa shape index (κ2) is 9.50. The van der Waals surface area contributed by atoms with Gasteiger partial charge in [0.25, 0.3) is 0 Å². The van der Waals surface area contributed by atoms with Gasteiger partial charge in [-0.25, -0.2) is 0 Å². The number of halogens is 3. The summed E-state index contributed by atoms with van der Waals surface area (Å²) in [6.07, 6.45) is -4.72. The molecule has 1 aromatic carbocycles. The fourth-order valence-corrected chi connectivity index (χ4v) is 3.14. The molecule has 1 heterocycles. The van der Waals surface area contributed by atoms with Crippen molar-refractivity contribution < 1.29 is 32.3 Å². The maximum atomic E-state index is 12.1. The van der Waals surface area contributed by atoms with Gasteiger partial charge in [-0.05, 0) is 43.3 Å². The van der Waals surface area contributed by atoms with Gasteiger partial charge in [-0.3, -0.25) is 14.4 Å². The Morgan fingerprint density at radius 1 is 0.964 bits per heavy atom. The monoisotopic (exact) mass is 413 g/mol. The number of carbonyl (C=O) groups excluding carboxylic acids is 3. The highest BCUT2D eigenvalue weighted by Crippen LogP contribution is 2.24. The molecule has 0 fully saturated rings. The molecule has 1 amide bonds. The lowest BCUT2D eigenvalue weighted by atomic mass is 10.1. The largest absolute Gasteiger partial charge is 0.573 e. The van der Waals surface area contributed by atoms with Crippen molar-refractivity contribution in [3.8, 4) is 5.75 Å². The molecule has 0 radical (unpaired) electrons. The topological polar surface area (TPSA) is 72.5 Å². The van der Waals surface area contributed by atoms with Crippen LogP contribution in [-0.4, -0.2) is 23.8 Å². The Morgan fingerprint density at radius 3 is 2.18 bits per heavy atom. The molecule has 9 heteroatoms. The Bertz CT molecular complexity index is 844. The van der Waals surface area contributed by atoms with E-state index in [1.807, 2.05) is 13.0 Å². The molecule has 1 N–H and O–H groups in total. The third kappa shape index (κ3) is 7.51. The van der Waals surface area contributed by atoms with Crippen LogP contribution in [0.2, 0.25) is 0 Å². The first-order valence-corrected chi connectivity index (χ1v) is 9.21. The van der Waals surface area contributed by atoms with Crippen LogP contribution in [-0.2, 0) is 9.59 Å². The molecule has 28 heavy (non-hydrogen) atoms. The van der Waals surface area contributed by atoms with E-state index in [0.29, 0.717) is 4.88 Å². The van der Waals surface area contributed by atoms with E-state index in [1.165, 1.54) is 23.5 Å². The molecule has 0 bridgehead atoms. The van der Waals surface area contributed by atoms with Gasteiger partial charge >= 0.3 is 6.36 Å². The van der Waals surface area contributed by atoms with Gasteiger partial charge in [0.15, 0.2) is 5.78 Å². The van der Waals surface area contributed by atoms with Crippen LogP contribution in [0.5, 0.6) is 5.75 Å². The fraction of sp³-hybridized carbons (Fsp3) is 0.316. The van der Waals surface area contributed by atoms with E-state index in [1.54, 1.807) is 6.07 Å². The highest BCUT2D eigenvalue weighted by atomic mass is 32.1. The number of nitrogens with one attached hydrogen (secondary N) is 1. The van der Waals surface area contributed by atoms with Gasteiger partial charge in [0, 0.05) is 36.2 Å². The molecule has 0 atom stereocenters. The summed E-state index contributed by atoms with van der Waals surface area (Å²) >= 11 is 1.37. The van der Waals surface area contributed by atoms with Crippen LogP contribution in [0.25, 0.3) is 0 Å². The summed E-state index contributed by atoms with van der Waals surface area (Å²) in [4.78, 5) is 37.3. The van der Waals surface area contributed by atoms with Gasteiger partial charge in [0.1, 0.15) is 11.5 Å². The van der Waals surface area contributed by atoms with E-state index in [0.717, 1.165) is 17.0 Å². The number of alkyl halides is 3. The third-order valence-electron chi connectivity index (χ3n) is 3.65. The fourth-order valence-electron chi connectivity index (χ4n) is 2.30. The van der Waals surface area contributed by atoms with Crippen molar-refractivity contribution in [2.75, 3.05) is 5.32 Å². The first kappa shape index (κ1) is 21.6. The molecule has 0 aliphatic carbocycles. The Labute approximate surface area is 163 Å².